The minimum atomic E-state index is 0.143. The minimum Gasteiger partial charge on any atom is -0.336 e. The van der Waals surface area contributed by atoms with E-state index in [1.165, 1.54) is 5.56 Å². The molecule has 1 aliphatic rings. The highest BCUT2D eigenvalue weighted by molar-refractivity contribution is 5.94. The zero-order chi connectivity index (χ0) is 15.4. The summed E-state index contributed by atoms with van der Waals surface area (Å²) < 4.78 is 2.01. The average molecular weight is 298 g/mol. The van der Waals surface area contributed by atoms with Crippen molar-refractivity contribution in [3.63, 3.8) is 0 Å². The lowest BCUT2D eigenvalue weighted by atomic mass is 10.1. The molecule has 0 saturated carbocycles. The average Bonchev–Trinajstić information content (AvgIpc) is 3.08. The summed E-state index contributed by atoms with van der Waals surface area (Å²) in [4.78, 5) is 20.9. The fraction of sp³-hybridized carbons (Fsp3) is 0.412. The molecule has 0 unspecified atom stereocenters. The maximum Gasteiger partial charge on any atom is 0.253 e. The Kier molecular flexibility index (Phi) is 4.53. The van der Waals surface area contributed by atoms with E-state index in [-0.39, 0.29) is 5.91 Å². The number of benzene rings is 1. The van der Waals surface area contributed by atoms with E-state index >= 15 is 0 Å². The van der Waals surface area contributed by atoms with Gasteiger partial charge in [-0.2, -0.15) is 0 Å². The van der Waals surface area contributed by atoms with Crippen LogP contribution in [0.4, 0.5) is 0 Å². The Hall–Kier alpha value is -2.14. The lowest BCUT2D eigenvalue weighted by Crippen LogP contribution is -2.48. The number of rotatable bonds is 4. The van der Waals surface area contributed by atoms with Crippen LogP contribution in [0.1, 0.15) is 22.8 Å². The van der Waals surface area contributed by atoms with Crippen LogP contribution >= 0.6 is 0 Å². The van der Waals surface area contributed by atoms with E-state index in [0.29, 0.717) is 0 Å². The number of amides is 1. The molecule has 1 aromatic heterocycles. The van der Waals surface area contributed by atoms with Crippen LogP contribution in [0.5, 0.6) is 0 Å². The highest BCUT2D eigenvalue weighted by Crippen LogP contribution is 2.11. The lowest BCUT2D eigenvalue weighted by Gasteiger charge is -2.34. The van der Waals surface area contributed by atoms with E-state index in [4.69, 9.17) is 0 Å². The van der Waals surface area contributed by atoms with Crippen LogP contribution in [0, 0.1) is 0 Å². The van der Waals surface area contributed by atoms with Crippen LogP contribution in [-0.2, 0) is 6.54 Å². The Balaban J connectivity index is 1.61. The second kappa shape index (κ2) is 6.75. The van der Waals surface area contributed by atoms with Gasteiger partial charge in [0.2, 0.25) is 0 Å². The standard InChI is InChI=1S/C17H22N4O/c1-2-19-9-11-21(12-10-19)17(22)16-5-3-15(4-6-16)13-20-8-7-18-14-20/h3-8,14H,2,9-13H2,1H3. The Morgan fingerprint density at radius 2 is 1.86 bits per heavy atom. The number of aromatic nitrogens is 2. The zero-order valence-corrected chi connectivity index (χ0v) is 13.0. The largest absolute Gasteiger partial charge is 0.336 e. The summed E-state index contributed by atoms with van der Waals surface area (Å²) in [6, 6.07) is 7.91. The second-order valence-electron chi connectivity index (χ2n) is 5.66. The molecular weight excluding hydrogens is 276 g/mol. The van der Waals surface area contributed by atoms with E-state index in [2.05, 4.69) is 16.8 Å². The Morgan fingerprint density at radius 3 is 2.45 bits per heavy atom. The number of nitrogens with zero attached hydrogens (tertiary/aromatic N) is 4. The molecule has 22 heavy (non-hydrogen) atoms. The van der Waals surface area contributed by atoms with E-state index in [0.717, 1.165) is 44.8 Å². The number of carbonyl (C=O) groups is 1. The number of piperazine rings is 1. The maximum atomic E-state index is 12.5. The maximum absolute atomic E-state index is 12.5. The van der Waals surface area contributed by atoms with Gasteiger partial charge in [0.1, 0.15) is 0 Å². The third-order valence-corrected chi connectivity index (χ3v) is 4.23. The van der Waals surface area contributed by atoms with Gasteiger partial charge in [0.25, 0.3) is 5.91 Å². The van der Waals surface area contributed by atoms with Crippen molar-refractivity contribution in [2.24, 2.45) is 0 Å². The highest BCUT2D eigenvalue weighted by Gasteiger charge is 2.21. The van der Waals surface area contributed by atoms with Crippen LogP contribution in [0.3, 0.4) is 0 Å². The minimum absolute atomic E-state index is 0.143. The predicted octanol–water partition coefficient (Wildman–Crippen LogP) is 1.71. The first-order valence-corrected chi connectivity index (χ1v) is 7.82. The quantitative estimate of drug-likeness (QED) is 0.863. The van der Waals surface area contributed by atoms with Crippen molar-refractivity contribution in [2.45, 2.75) is 13.5 Å². The van der Waals surface area contributed by atoms with Crippen LogP contribution in [0.15, 0.2) is 43.0 Å². The van der Waals surface area contributed by atoms with Crippen molar-refractivity contribution in [3.05, 3.63) is 54.1 Å². The molecule has 1 fully saturated rings. The van der Waals surface area contributed by atoms with Gasteiger partial charge in [-0.05, 0) is 24.2 Å². The van der Waals surface area contributed by atoms with Gasteiger partial charge in [-0.15, -0.1) is 0 Å². The van der Waals surface area contributed by atoms with Gasteiger partial charge < -0.3 is 14.4 Å². The fourth-order valence-corrected chi connectivity index (χ4v) is 2.79. The van der Waals surface area contributed by atoms with Crippen molar-refractivity contribution in [2.75, 3.05) is 32.7 Å². The molecule has 0 N–H and O–H groups in total. The van der Waals surface area contributed by atoms with Crippen molar-refractivity contribution in [1.82, 2.24) is 19.4 Å². The number of imidazole rings is 1. The van der Waals surface area contributed by atoms with Crippen molar-refractivity contribution < 1.29 is 4.79 Å². The Labute approximate surface area is 131 Å². The summed E-state index contributed by atoms with van der Waals surface area (Å²) in [6.07, 6.45) is 5.51. The first-order chi connectivity index (χ1) is 10.8. The lowest BCUT2D eigenvalue weighted by molar-refractivity contribution is 0.0643. The van der Waals surface area contributed by atoms with Crippen LogP contribution in [0.25, 0.3) is 0 Å². The zero-order valence-electron chi connectivity index (χ0n) is 13.0. The van der Waals surface area contributed by atoms with Gasteiger partial charge in [-0.1, -0.05) is 19.1 Å². The molecule has 1 amide bonds. The molecule has 0 aliphatic carbocycles. The summed E-state index contributed by atoms with van der Waals surface area (Å²) in [5.74, 6) is 0.143. The molecule has 0 bridgehead atoms. The first-order valence-electron chi connectivity index (χ1n) is 7.82. The molecule has 0 spiro atoms. The van der Waals surface area contributed by atoms with Gasteiger partial charge in [0.15, 0.2) is 0 Å². The van der Waals surface area contributed by atoms with E-state index in [9.17, 15) is 4.79 Å². The van der Waals surface area contributed by atoms with Crippen molar-refractivity contribution >= 4 is 5.91 Å². The first kappa shape index (κ1) is 14.8. The molecule has 1 aliphatic heterocycles. The molecule has 1 saturated heterocycles. The predicted molar refractivity (Wildman–Crippen MR) is 85.8 cm³/mol. The van der Waals surface area contributed by atoms with E-state index in [1.54, 1.807) is 12.5 Å². The molecular formula is C17H22N4O. The smallest absolute Gasteiger partial charge is 0.253 e. The van der Waals surface area contributed by atoms with Crippen LogP contribution in [-0.4, -0.2) is 58.0 Å². The summed E-state index contributed by atoms with van der Waals surface area (Å²) in [7, 11) is 0. The monoisotopic (exact) mass is 298 g/mol. The Morgan fingerprint density at radius 1 is 1.14 bits per heavy atom. The van der Waals surface area contributed by atoms with Crippen molar-refractivity contribution in [3.8, 4) is 0 Å². The topological polar surface area (TPSA) is 41.4 Å². The fourth-order valence-electron chi connectivity index (χ4n) is 2.79. The number of hydrogen-bond acceptors (Lipinski definition) is 3. The molecule has 2 aromatic rings. The third kappa shape index (κ3) is 3.36. The van der Waals surface area contributed by atoms with Crippen molar-refractivity contribution in [1.29, 1.82) is 0 Å². The number of carbonyl (C=O) groups excluding carboxylic acids is 1. The van der Waals surface area contributed by atoms with Crippen LogP contribution in [0.2, 0.25) is 0 Å². The van der Waals surface area contributed by atoms with Crippen LogP contribution < -0.4 is 0 Å². The van der Waals surface area contributed by atoms with Gasteiger partial charge >= 0.3 is 0 Å². The summed E-state index contributed by atoms with van der Waals surface area (Å²) in [5.41, 5.74) is 1.95. The molecule has 0 atom stereocenters. The summed E-state index contributed by atoms with van der Waals surface area (Å²) in [6.45, 7) is 7.60. The van der Waals surface area contributed by atoms with Gasteiger partial charge in [-0.3, -0.25) is 4.79 Å². The van der Waals surface area contributed by atoms with Gasteiger partial charge in [0.05, 0.1) is 6.33 Å². The van der Waals surface area contributed by atoms with Gasteiger partial charge in [-0.25, -0.2) is 4.98 Å². The third-order valence-electron chi connectivity index (χ3n) is 4.23. The summed E-state index contributed by atoms with van der Waals surface area (Å²) >= 11 is 0. The molecule has 116 valence electrons. The van der Waals surface area contributed by atoms with E-state index in [1.807, 2.05) is 39.9 Å². The van der Waals surface area contributed by atoms with E-state index < -0.39 is 0 Å². The number of hydrogen-bond donors (Lipinski definition) is 0. The second-order valence-corrected chi connectivity index (χ2v) is 5.66. The normalized spacial score (nSPS) is 16.0. The highest BCUT2D eigenvalue weighted by atomic mass is 16.2. The molecule has 5 heteroatoms. The Bertz CT molecular complexity index is 598. The molecule has 1 aromatic carbocycles. The number of likely N-dealkylation sites (N-methyl/N-ethyl adjacent to an activating group) is 1. The summed E-state index contributed by atoms with van der Waals surface area (Å²) in [5, 5.41) is 0. The van der Waals surface area contributed by atoms with Gasteiger partial charge in [0, 0.05) is 50.7 Å². The molecule has 5 nitrogen and oxygen atoms in total. The molecule has 3 rings (SSSR count). The molecule has 0 radical (unpaired) electrons. The molecule has 2 heterocycles. The SMILES string of the molecule is CCN1CCN(C(=O)c2ccc(Cn3ccnc3)cc2)CC1.